The fourth-order valence-electron chi connectivity index (χ4n) is 2.13. The summed E-state index contributed by atoms with van der Waals surface area (Å²) in [7, 11) is -2.05. The molecule has 0 spiro atoms. The van der Waals surface area contributed by atoms with Crippen molar-refractivity contribution in [1.29, 1.82) is 0 Å². The molecule has 0 aliphatic carbocycles. The van der Waals surface area contributed by atoms with Crippen molar-refractivity contribution >= 4 is 10.0 Å². The standard InChI is InChI=1S/C12H17FN2O2S/c1-15(11-5-3-7-14-9-11)18(16,17)12-6-2-4-10(13)8-12/h2,4,6,8,11,14H,3,5,7,9H2,1H3. The smallest absolute Gasteiger partial charge is 0.243 e. The highest BCUT2D eigenvalue weighted by atomic mass is 32.2. The van der Waals surface area contributed by atoms with Crippen LogP contribution in [0.25, 0.3) is 0 Å². The van der Waals surface area contributed by atoms with Crippen molar-refractivity contribution in [3.05, 3.63) is 30.1 Å². The van der Waals surface area contributed by atoms with Crippen molar-refractivity contribution in [3.8, 4) is 0 Å². The number of rotatable bonds is 3. The molecule has 1 aromatic carbocycles. The van der Waals surface area contributed by atoms with Crippen LogP contribution in [0.1, 0.15) is 12.8 Å². The van der Waals surface area contributed by atoms with Crippen LogP contribution in [0, 0.1) is 5.82 Å². The third-order valence-corrected chi connectivity index (χ3v) is 5.16. The molecule has 2 rings (SSSR count). The number of piperidine rings is 1. The summed E-state index contributed by atoms with van der Waals surface area (Å²) in [4.78, 5) is 0.00979. The van der Waals surface area contributed by atoms with Crippen LogP contribution in [0.2, 0.25) is 0 Å². The lowest BCUT2D eigenvalue weighted by atomic mass is 10.1. The van der Waals surface area contributed by atoms with Gasteiger partial charge >= 0.3 is 0 Å². The first kappa shape index (κ1) is 13.5. The second kappa shape index (κ2) is 5.34. The van der Waals surface area contributed by atoms with E-state index in [0.29, 0.717) is 6.54 Å². The average molecular weight is 272 g/mol. The minimum absolute atomic E-state index is 0.00979. The molecule has 1 fully saturated rings. The van der Waals surface area contributed by atoms with Gasteiger partial charge in [-0.05, 0) is 37.6 Å². The summed E-state index contributed by atoms with van der Waals surface area (Å²) in [5.74, 6) is -0.536. The van der Waals surface area contributed by atoms with E-state index in [0.717, 1.165) is 25.5 Å². The Kier molecular flexibility index (Phi) is 3.99. The monoisotopic (exact) mass is 272 g/mol. The third-order valence-electron chi connectivity index (χ3n) is 3.26. The van der Waals surface area contributed by atoms with Crippen LogP contribution in [0.15, 0.2) is 29.2 Å². The van der Waals surface area contributed by atoms with Crippen LogP contribution in [-0.4, -0.2) is 38.9 Å². The highest BCUT2D eigenvalue weighted by Gasteiger charge is 2.29. The van der Waals surface area contributed by atoms with Crippen molar-refractivity contribution in [3.63, 3.8) is 0 Å². The van der Waals surface area contributed by atoms with Gasteiger partial charge in [0.2, 0.25) is 10.0 Å². The van der Waals surface area contributed by atoms with Crippen LogP contribution in [0.4, 0.5) is 4.39 Å². The van der Waals surface area contributed by atoms with Gasteiger partial charge in [0.05, 0.1) is 4.90 Å². The van der Waals surface area contributed by atoms with Gasteiger partial charge in [-0.3, -0.25) is 0 Å². The maximum Gasteiger partial charge on any atom is 0.243 e. The summed E-state index contributed by atoms with van der Waals surface area (Å²) in [5, 5.41) is 3.17. The topological polar surface area (TPSA) is 49.4 Å². The fraction of sp³-hybridized carbons (Fsp3) is 0.500. The van der Waals surface area contributed by atoms with E-state index in [4.69, 9.17) is 0 Å². The quantitative estimate of drug-likeness (QED) is 0.899. The average Bonchev–Trinajstić information content (AvgIpc) is 2.39. The van der Waals surface area contributed by atoms with Crippen molar-refractivity contribution < 1.29 is 12.8 Å². The SMILES string of the molecule is CN(C1CCCNC1)S(=O)(=O)c1cccc(F)c1. The Morgan fingerprint density at radius 1 is 1.44 bits per heavy atom. The van der Waals surface area contributed by atoms with Crippen LogP contribution >= 0.6 is 0 Å². The summed E-state index contributed by atoms with van der Waals surface area (Å²) >= 11 is 0. The van der Waals surface area contributed by atoms with Gasteiger partial charge in [0.15, 0.2) is 0 Å². The lowest BCUT2D eigenvalue weighted by Gasteiger charge is -2.30. The highest BCUT2D eigenvalue weighted by Crippen LogP contribution is 2.20. The molecule has 18 heavy (non-hydrogen) atoms. The van der Waals surface area contributed by atoms with Crippen molar-refractivity contribution in [2.24, 2.45) is 0 Å². The first-order valence-electron chi connectivity index (χ1n) is 5.96. The van der Waals surface area contributed by atoms with Gasteiger partial charge in [-0.1, -0.05) is 6.07 Å². The van der Waals surface area contributed by atoms with E-state index in [1.54, 1.807) is 7.05 Å². The molecule has 1 aromatic rings. The predicted octanol–water partition coefficient (Wildman–Crippen LogP) is 1.20. The Morgan fingerprint density at radius 2 is 2.22 bits per heavy atom. The van der Waals surface area contributed by atoms with Crippen molar-refractivity contribution in [1.82, 2.24) is 9.62 Å². The zero-order valence-electron chi connectivity index (χ0n) is 10.3. The van der Waals surface area contributed by atoms with E-state index < -0.39 is 15.8 Å². The van der Waals surface area contributed by atoms with E-state index in [1.807, 2.05) is 0 Å². The Bertz CT molecular complexity index is 513. The minimum Gasteiger partial charge on any atom is -0.315 e. The number of hydrogen-bond donors (Lipinski definition) is 1. The van der Waals surface area contributed by atoms with Gasteiger partial charge in [-0.15, -0.1) is 0 Å². The number of halogens is 1. The van der Waals surface area contributed by atoms with Crippen LogP contribution in [0.3, 0.4) is 0 Å². The van der Waals surface area contributed by atoms with Gasteiger partial charge in [0.1, 0.15) is 5.82 Å². The number of hydrogen-bond acceptors (Lipinski definition) is 3. The Labute approximate surface area is 107 Å². The zero-order valence-corrected chi connectivity index (χ0v) is 11.1. The normalized spacial score (nSPS) is 21.2. The van der Waals surface area contributed by atoms with Crippen molar-refractivity contribution in [2.75, 3.05) is 20.1 Å². The second-order valence-corrected chi connectivity index (χ2v) is 6.48. The summed E-state index contributed by atoms with van der Waals surface area (Å²) in [6.45, 7) is 1.56. The first-order valence-corrected chi connectivity index (χ1v) is 7.40. The summed E-state index contributed by atoms with van der Waals surface area (Å²) in [6, 6.07) is 5.07. The zero-order chi connectivity index (χ0) is 13.2. The summed E-state index contributed by atoms with van der Waals surface area (Å²) in [5.41, 5.74) is 0. The van der Waals surface area contributed by atoms with Crippen LogP contribution in [-0.2, 0) is 10.0 Å². The minimum atomic E-state index is -3.61. The molecule has 4 nitrogen and oxygen atoms in total. The highest BCUT2D eigenvalue weighted by molar-refractivity contribution is 7.89. The van der Waals surface area contributed by atoms with E-state index >= 15 is 0 Å². The molecule has 0 radical (unpaired) electrons. The molecule has 1 aliphatic heterocycles. The van der Waals surface area contributed by atoms with Crippen molar-refractivity contribution in [2.45, 2.75) is 23.8 Å². The molecule has 0 aromatic heterocycles. The van der Waals surface area contributed by atoms with Gasteiger partial charge in [-0.25, -0.2) is 12.8 Å². The lowest BCUT2D eigenvalue weighted by molar-refractivity contribution is 0.300. The van der Waals surface area contributed by atoms with Crippen LogP contribution in [0.5, 0.6) is 0 Å². The molecule has 0 amide bonds. The molecule has 100 valence electrons. The summed E-state index contributed by atoms with van der Waals surface area (Å²) in [6.07, 6.45) is 1.78. The van der Waals surface area contributed by atoms with E-state index in [1.165, 1.54) is 22.5 Å². The van der Waals surface area contributed by atoms with E-state index in [-0.39, 0.29) is 10.9 Å². The second-order valence-electron chi connectivity index (χ2n) is 4.48. The largest absolute Gasteiger partial charge is 0.315 e. The number of likely N-dealkylation sites (N-methyl/N-ethyl adjacent to an activating group) is 1. The van der Waals surface area contributed by atoms with Crippen LogP contribution < -0.4 is 5.32 Å². The van der Waals surface area contributed by atoms with E-state index in [2.05, 4.69) is 5.32 Å². The Hall–Kier alpha value is -0.980. The Balaban J connectivity index is 2.24. The molecule has 1 atom stereocenters. The molecule has 1 heterocycles. The lowest BCUT2D eigenvalue weighted by Crippen LogP contribution is -2.46. The molecular weight excluding hydrogens is 255 g/mol. The molecule has 1 aliphatic rings. The molecule has 0 bridgehead atoms. The first-order chi connectivity index (χ1) is 8.51. The third kappa shape index (κ3) is 2.71. The number of nitrogens with zero attached hydrogens (tertiary/aromatic N) is 1. The van der Waals surface area contributed by atoms with E-state index in [9.17, 15) is 12.8 Å². The fourth-order valence-corrected chi connectivity index (χ4v) is 3.55. The molecular formula is C12H17FN2O2S. The molecule has 1 N–H and O–H groups in total. The number of sulfonamides is 1. The maximum absolute atomic E-state index is 13.1. The van der Waals surface area contributed by atoms with Gasteiger partial charge in [0, 0.05) is 19.6 Å². The summed E-state index contributed by atoms with van der Waals surface area (Å²) < 4.78 is 39.1. The molecule has 1 saturated heterocycles. The predicted molar refractivity (Wildman–Crippen MR) is 67.2 cm³/mol. The number of benzene rings is 1. The molecule has 1 unspecified atom stereocenters. The number of nitrogens with one attached hydrogen (secondary N) is 1. The Morgan fingerprint density at radius 3 is 2.83 bits per heavy atom. The van der Waals surface area contributed by atoms with Gasteiger partial charge in [-0.2, -0.15) is 4.31 Å². The molecule has 6 heteroatoms. The van der Waals surface area contributed by atoms with Gasteiger partial charge < -0.3 is 5.32 Å². The molecule has 0 saturated carbocycles. The van der Waals surface area contributed by atoms with Gasteiger partial charge in [0.25, 0.3) is 0 Å². The maximum atomic E-state index is 13.1.